The molecule has 0 amide bonds. The SMILES string of the molecule is O=C(O)c1cccc(-c2cccc(NCc3cnc(Cl)s3)c2)n1. The first-order valence-electron chi connectivity index (χ1n) is 6.77. The van der Waals surface area contributed by atoms with Crippen molar-refractivity contribution >= 4 is 34.6 Å². The van der Waals surface area contributed by atoms with E-state index < -0.39 is 5.97 Å². The van der Waals surface area contributed by atoms with E-state index in [0.29, 0.717) is 16.7 Å². The van der Waals surface area contributed by atoms with E-state index in [0.717, 1.165) is 16.1 Å². The van der Waals surface area contributed by atoms with Crippen molar-refractivity contribution < 1.29 is 9.90 Å². The van der Waals surface area contributed by atoms with E-state index in [4.69, 9.17) is 16.7 Å². The maximum Gasteiger partial charge on any atom is 0.354 e. The second-order valence-electron chi connectivity index (χ2n) is 4.73. The Kier molecular flexibility index (Phi) is 4.55. The fourth-order valence-corrected chi connectivity index (χ4v) is 2.98. The lowest BCUT2D eigenvalue weighted by molar-refractivity contribution is 0.0690. The van der Waals surface area contributed by atoms with Crippen LogP contribution in [0, 0.1) is 0 Å². The summed E-state index contributed by atoms with van der Waals surface area (Å²) in [5.74, 6) is -1.04. The number of aromatic carboxylic acids is 1. The molecule has 0 aliphatic carbocycles. The fourth-order valence-electron chi connectivity index (χ4n) is 2.06. The second-order valence-corrected chi connectivity index (χ2v) is 6.42. The van der Waals surface area contributed by atoms with E-state index in [1.807, 2.05) is 24.3 Å². The molecular weight excluding hydrogens is 334 g/mol. The maximum absolute atomic E-state index is 11.0. The number of hydrogen-bond donors (Lipinski definition) is 2. The maximum atomic E-state index is 11.0. The molecule has 0 atom stereocenters. The predicted octanol–water partition coefficient (Wildman–Crippen LogP) is 4.17. The summed E-state index contributed by atoms with van der Waals surface area (Å²) in [5, 5.41) is 12.3. The molecule has 116 valence electrons. The van der Waals surface area contributed by atoms with Gasteiger partial charge >= 0.3 is 5.97 Å². The van der Waals surface area contributed by atoms with Crippen LogP contribution in [0.15, 0.2) is 48.7 Å². The summed E-state index contributed by atoms with van der Waals surface area (Å²) >= 11 is 7.24. The van der Waals surface area contributed by atoms with Gasteiger partial charge in [-0.3, -0.25) is 0 Å². The van der Waals surface area contributed by atoms with Crippen LogP contribution in [0.1, 0.15) is 15.4 Å². The Bertz CT molecular complexity index is 851. The molecule has 0 unspecified atom stereocenters. The molecule has 0 aliphatic heterocycles. The van der Waals surface area contributed by atoms with E-state index in [1.165, 1.54) is 17.4 Å². The molecule has 0 saturated heterocycles. The Hall–Kier alpha value is -2.44. The molecule has 1 aromatic carbocycles. The number of nitrogens with zero attached hydrogens (tertiary/aromatic N) is 2. The Balaban J connectivity index is 1.79. The molecule has 2 N–H and O–H groups in total. The van der Waals surface area contributed by atoms with Crippen molar-refractivity contribution in [1.29, 1.82) is 0 Å². The first-order chi connectivity index (χ1) is 11.1. The van der Waals surface area contributed by atoms with Gasteiger partial charge in [-0.2, -0.15) is 0 Å². The number of carboxylic acid groups (broad SMARTS) is 1. The summed E-state index contributed by atoms with van der Waals surface area (Å²) in [4.78, 5) is 20.2. The lowest BCUT2D eigenvalue weighted by Crippen LogP contribution is -2.01. The monoisotopic (exact) mass is 345 g/mol. The first-order valence-corrected chi connectivity index (χ1v) is 7.96. The minimum atomic E-state index is -1.04. The molecule has 2 heterocycles. The lowest BCUT2D eigenvalue weighted by Gasteiger charge is -2.07. The Morgan fingerprint density at radius 3 is 2.83 bits per heavy atom. The van der Waals surface area contributed by atoms with Gasteiger partial charge in [0, 0.05) is 22.3 Å². The third-order valence-corrected chi connectivity index (χ3v) is 4.23. The number of anilines is 1. The number of rotatable bonds is 5. The highest BCUT2D eigenvalue weighted by atomic mass is 35.5. The van der Waals surface area contributed by atoms with Gasteiger partial charge in [-0.15, -0.1) is 11.3 Å². The van der Waals surface area contributed by atoms with Crippen molar-refractivity contribution in [2.75, 3.05) is 5.32 Å². The number of pyridine rings is 1. The Morgan fingerprint density at radius 2 is 2.09 bits per heavy atom. The molecule has 0 radical (unpaired) electrons. The van der Waals surface area contributed by atoms with Gasteiger partial charge in [0.2, 0.25) is 0 Å². The van der Waals surface area contributed by atoms with Crippen molar-refractivity contribution in [3.8, 4) is 11.3 Å². The van der Waals surface area contributed by atoms with Crippen LogP contribution in [0.4, 0.5) is 5.69 Å². The van der Waals surface area contributed by atoms with Crippen LogP contribution < -0.4 is 5.32 Å². The van der Waals surface area contributed by atoms with E-state index >= 15 is 0 Å². The molecule has 0 fully saturated rings. The van der Waals surface area contributed by atoms with Gasteiger partial charge in [0.25, 0.3) is 0 Å². The number of hydrogen-bond acceptors (Lipinski definition) is 5. The summed E-state index contributed by atoms with van der Waals surface area (Å²) in [6.07, 6.45) is 1.74. The summed E-state index contributed by atoms with van der Waals surface area (Å²) in [6.45, 7) is 0.621. The van der Waals surface area contributed by atoms with Gasteiger partial charge < -0.3 is 10.4 Å². The van der Waals surface area contributed by atoms with Gasteiger partial charge in [0.15, 0.2) is 4.47 Å². The van der Waals surface area contributed by atoms with Crippen molar-refractivity contribution in [1.82, 2.24) is 9.97 Å². The number of carbonyl (C=O) groups is 1. The average Bonchev–Trinajstić information content (AvgIpc) is 2.99. The normalized spacial score (nSPS) is 10.5. The third-order valence-electron chi connectivity index (χ3n) is 3.12. The summed E-state index contributed by atoms with van der Waals surface area (Å²) in [6, 6.07) is 12.6. The van der Waals surface area contributed by atoms with Crippen molar-refractivity contribution in [2.24, 2.45) is 0 Å². The average molecular weight is 346 g/mol. The Labute approximate surface area is 141 Å². The molecule has 2 aromatic heterocycles. The number of halogens is 1. The number of carboxylic acids is 1. The topological polar surface area (TPSA) is 75.1 Å². The van der Waals surface area contributed by atoms with Gasteiger partial charge in [-0.05, 0) is 24.3 Å². The number of nitrogens with one attached hydrogen (secondary N) is 1. The van der Waals surface area contributed by atoms with Crippen LogP contribution in [0.3, 0.4) is 0 Å². The van der Waals surface area contributed by atoms with Gasteiger partial charge in [-0.25, -0.2) is 14.8 Å². The quantitative estimate of drug-likeness (QED) is 0.726. The van der Waals surface area contributed by atoms with Crippen molar-refractivity contribution in [2.45, 2.75) is 6.54 Å². The highest BCUT2D eigenvalue weighted by molar-refractivity contribution is 7.15. The van der Waals surface area contributed by atoms with E-state index in [9.17, 15) is 4.79 Å². The fraction of sp³-hybridized carbons (Fsp3) is 0.0625. The largest absolute Gasteiger partial charge is 0.477 e. The highest BCUT2D eigenvalue weighted by Crippen LogP contribution is 2.23. The second kappa shape index (κ2) is 6.76. The molecule has 0 bridgehead atoms. The van der Waals surface area contributed by atoms with Crippen LogP contribution in [-0.4, -0.2) is 21.0 Å². The van der Waals surface area contributed by atoms with Gasteiger partial charge in [0.05, 0.1) is 12.2 Å². The summed E-state index contributed by atoms with van der Waals surface area (Å²) in [5.41, 5.74) is 2.41. The number of thiazole rings is 1. The zero-order valence-electron chi connectivity index (χ0n) is 11.9. The van der Waals surface area contributed by atoms with Crippen molar-refractivity contribution in [3.05, 3.63) is 63.7 Å². The molecule has 7 heteroatoms. The Morgan fingerprint density at radius 1 is 1.26 bits per heavy atom. The minimum Gasteiger partial charge on any atom is -0.477 e. The summed E-state index contributed by atoms with van der Waals surface area (Å²) < 4.78 is 0.519. The predicted molar refractivity (Wildman–Crippen MR) is 91.1 cm³/mol. The number of benzene rings is 1. The highest BCUT2D eigenvalue weighted by Gasteiger charge is 2.07. The number of aromatic nitrogens is 2. The molecule has 23 heavy (non-hydrogen) atoms. The zero-order valence-corrected chi connectivity index (χ0v) is 13.4. The molecule has 0 aliphatic rings. The van der Waals surface area contributed by atoms with Gasteiger partial charge in [-0.1, -0.05) is 29.8 Å². The standard InChI is InChI=1S/C16H12ClN3O2S/c17-16-19-9-12(23-16)8-18-11-4-1-3-10(7-11)13-5-2-6-14(20-13)15(21)22/h1-7,9,18H,8H2,(H,21,22). The molecule has 0 spiro atoms. The lowest BCUT2D eigenvalue weighted by atomic mass is 10.1. The van der Waals surface area contributed by atoms with Gasteiger partial charge in [0.1, 0.15) is 5.69 Å². The van der Waals surface area contributed by atoms with Crippen LogP contribution in [0.25, 0.3) is 11.3 Å². The van der Waals surface area contributed by atoms with Crippen molar-refractivity contribution in [3.63, 3.8) is 0 Å². The first kappa shape index (κ1) is 15.5. The van der Waals surface area contributed by atoms with Crippen LogP contribution in [-0.2, 0) is 6.54 Å². The smallest absolute Gasteiger partial charge is 0.354 e. The summed E-state index contributed by atoms with van der Waals surface area (Å²) in [7, 11) is 0. The zero-order chi connectivity index (χ0) is 16.2. The molecule has 5 nitrogen and oxygen atoms in total. The molecule has 0 saturated carbocycles. The van der Waals surface area contributed by atoms with Crippen LogP contribution in [0.5, 0.6) is 0 Å². The molecular formula is C16H12ClN3O2S. The molecule has 3 aromatic rings. The third kappa shape index (κ3) is 3.85. The molecule has 3 rings (SSSR count). The van der Waals surface area contributed by atoms with Crippen LogP contribution >= 0.6 is 22.9 Å². The van der Waals surface area contributed by atoms with E-state index in [1.54, 1.807) is 18.3 Å². The minimum absolute atomic E-state index is 0.0279. The van der Waals surface area contributed by atoms with E-state index in [-0.39, 0.29) is 5.69 Å². The van der Waals surface area contributed by atoms with Crippen LogP contribution in [0.2, 0.25) is 4.47 Å². The van der Waals surface area contributed by atoms with E-state index in [2.05, 4.69) is 15.3 Å².